The van der Waals surface area contributed by atoms with Gasteiger partial charge in [0.25, 0.3) is 0 Å². The number of nitrogens with two attached hydrogens (primary N) is 1. The molecule has 0 aliphatic carbocycles. The summed E-state index contributed by atoms with van der Waals surface area (Å²) in [6.07, 6.45) is -1.33. The lowest BCUT2D eigenvalue weighted by Gasteiger charge is -2.18. The van der Waals surface area contributed by atoms with Gasteiger partial charge in [-0.15, -0.1) is 0 Å². The highest BCUT2D eigenvalue weighted by atomic mass is 16.5. The summed E-state index contributed by atoms with van der Waals surface area (Å²) >= 11 is 0. The van der Waals surface area contributed by atoms with Gasteiger partial charge in [0.2, 0.25) is 5.78 Å². The Morgan fingerprint density at radius 3 is 2.08 bits per heavy atom. The first-order chi connectivity index (χ1) is 12.0. The van der Waals surface area contributed by atoms with Crippen LogP contribution in [0.15, 0.2) is 60.7 Å². The first-order valence-corrected chi connectivity index (χ1v) is 7.81. The summed E-state index contributed by atoms with van der Waals surface area (Å²) in [4.78, 5) is 35.5. The van der Waals surface area contributed by atoms with Gasteiger partial charge in [0.05, 0.1) is 0 Å². The number of carbonyl (C=O) groups excluding carboxylic acids is 2. The molecule has 25 heavy (non-hydrogen) atoms. The zero-order valence-electron chi connectivity index (χ0n) is 13.5. The number of Topliss-reactive ketones (excluding diaryl/α,β-unsaturated/α-hetero) is 1. The van der Waals surface area contributed by atoms with Crippen LogP contribution in [0.1, 0.15) is 34.9 Å². The Kier molecular flexibility index (Phi) is 6.42. The lowest BCUT2D eigenvalue weighted by molar-refractivity contribution is -0.148. The van der Waals surface area contributed by atoms with Gasteiger partial charge in [0.1, 0.15) is 6.04 Å². The van der Waals surface area contributed by atoms with Crippen LogP contribution in [0, 0.1) is 0 Å². The molecule has 2 rings (SSSR count). The molecule has 0 aliphatic heterocycles. The number of ether oxygens (including phenoxy) is 1. The van der Waals surface area contributed by atoms with Crippen molar-refractivity contribution in [2.45, 2.75) is 25.0 Å². The van der Waals surface area contributed by atoms with Gasteiger partial charge < -0.3 is 15.6 Å². The van der Waals surface area contributed by atoms with Gasteiger partial charge in [0.15, 0.2) is 6.10 Å². The largest absolute Gasteiger partial charge is 0.480 e. The van der Waals surface area contributed by atoms with Gasteiger partial charge in [-0.05, 0) is 6.42 Å². The molecule has 0 aliphatic rings. The lowest BCUT2D eigenvalue weighted by Crippen LogP contribution is -2.31. The number of esters is 1. The fourth-order valence-electron chi connectivity index (χ4n) is 2.24. The predicted octanol–water partition coefficient (Wildman–Crippen LogP) is 2.35. The second-order valence-corrected chi connectivity index (χ2v) is 5.49. The van der Waals surface area contributed by atoms with Crippen molar-refractivity contribution >= 4 is 17.7 Å². The number of carboxylic acid groups (broad SMARTS) is 1. The standard InChI is InChI=1S/C19H19NO5/c20-15(19(23)24)11-12-16(21)25-18(14-9-5-2-6-10-14)17(22)13-7-3-1-4-8-13/h1-10,15,18H,11-12,20H2,(H,23,24)/t15-,18?/m0/s1. The molecule has 0 heterocycles. The van der Waals surface area contributed by atoms with Gasteiger partial charge in [-0.1, -0.05) is 60.7 Å². The van der Waals surface area contributed by atoms with E-state index in [9.17, 15) is 14.4 Å². The molecular formula is C19H19NO5. The number of aliphatic carboxylic acids is 1. The molecule has 1 unspecified atom stereocenters. The summed E-state index contributed by atoms with van der Waals surface area (Å²) in [6.45, 7) is 0. The normalized spacial score (nSPS) is 12.8. The Hall–Kier alpha value is -2.99. The molecule has 0 saturated carbocycles. The molecule has 0 fully saturated rings. The van der Waals surface area contributed by atoms with Crippen molar-refractivity contribution in [2.75, 3.05) is 0 Å². The topological polar surface area (TPSA) is 107 Å². The van der Waals surface area contributed by atoms with E-state index in [0.717, 1.165) is 0 Å². The number of rotatable bonds is 8. The van der Waals surface area contributed by atoms with E-state index in [-0.39, 0.29) is 18.6 Å². The monoisotopic (exact) mass is 341 g/mol. The van der Waals surface area contributed by atoms with Crippen LogP contribution in [0.25, 0.3) is 0 Å². The average Bonchev–Trinajstić information content (AvgIpc) is 2.65. The van der Waals surface area contributed by atoms with Crippen molar-refractivity contribution in [3.05, 3.63) is 71.8 Å². The van der Waals surface area contributed by atoms with E-state index in [1.165, 1.54) is 0 Å². The van der Waals surface area contributed by atoms with Gasteiger partial charge in [-0.3, -0.25) is 14.4 Å². The van der Waals surface area contributed by atoms with Crippen molar-refractivity contribution in [3.8, 4) is 0 Å². The maximum Gasteiger partial charge on any atom is 0.320 e. The van der Waals surface area contributed by atoms with Gasteiger partial charge in [-0.25, -0.2) is 0 Å². The minimum Gasteiger partial charge on any atom is -0.480 e. The van der Waals surface area contributed by atoms with E-state index >= 15 is 0 Å². The van der Waals surface area contributed by atoms with E-state index in [2.05, 4.69) is 0 Å². The summed E-state index contributed by atoms with van der Waals surface area (Å²) in [5, 5.41) is 8.76. The zero-order chi connectivity index (χ0) is 18.2. The third-order valence-electron chi connectivity index (χ3n) is 3.62. The molecule has 0 radical (unpaired) electrons. The maximum atomic E-state index is 12.7. The van der Waals surface area contributed by atoms with E-state index in [1.807, 2.05) is 0 Å². The van der Waals surface area contributed by atoms with Crippen molar-refractivity contribution < 1.29 is 24.2 Å². The van der Waals surface area contributed by atoms with Gasteiger partial charge in [0, 0.05) is 17.5 Å². The summed E-state index contributed by atoms with van der Waals surface area (Å²) in [6, 6.07) is 16.1. The van der Waals surface area contributed by atoms with Gasteiger partial charge >= 0.3 is 11.9 Å². The number of hydrogen-bond acceptors (Lipinski definition) is 5. The van der Waals surface area contributed by atoms with E-state index < -0.39 is 24.1 Å². The first-order valence-electron chi connectivity index (χ1n) is 7.81. The minimum atomic E-state index is -1.19. The number of carbonyl (C=O) groups is 3. The molecule has 130 valence electrons. The number of benzene rings is 2. The highest BCUT2D eigenvalue weighted by Gasteiger charge is 2.26. The molecule has 3 N–H and O–H groups in total. The Balaban J connectivity index is 2.14. The number of hydrogen-bond donors (Lipinski definition) is 2. The van der Waals surface area contributed by atoms with E-state index in [0.29, 0.717) is 11.1 Å². The molecular weight excluding hydrogens is 322 g/mol. The van der Waals surface area contributed by atoms with E-state index in [4.69, 9.17) is 15.6 Å². The van der Waals surface area contributed by atoms with Crippen LogP contribution >= 0.6 is 0 Å². The fourth-order valence-corrected chi connectivity index (χ4v) is 2.24. The molecule has 0 spiro atoms. The highest BCUT2D eigenvalue weighted by Crippen LogP contribution is 2.23. The molecule has 0 bridgehead atoms. The summed E-state index contributed by atoms with van der Waals surface area (Å²) in [5.41, 5.74) is 6.35. The molecule has 0 aromatic heterocycles. The quantitative estimate of drug-likeness (QED) is 0.564. The van der Waals surface area contributed by atoms with Gasteiger partial charge in [-0.2, -0.15) is 0 Å². The van der Waals surface area contributed by atoms with E-state index in [1.54, 1.807) is 60.7 Å². The van der Waals surface area contributed by atoms with Crippen LogP contribution in [0.3, 0.4) is 0 Å². The third-order valence-corrected chi connectivity index (χ3v) is 3.62. The molecule has 0 saturated heterocycles. The molecule has 2 aromatic carbocycles. The number of ketones is 1. The second-order valence-electron chi connectivity index (χ2n) is 5.49. The Morgan fingerprint density at radius 1 is 0.960 bits per heavy atom. The minimum absolute atomic E-state index is 0.0603. The third kappa shape index (κ3) is 5.26. The molecule has 6 heteroatoms. The lowest BCUT2D eigenvalue weighted by atomic mass is 10.00. The Labute approximate surface area is 145 Å². The summed E-state index contributed by atoms with van der Waals surface area (Å²) in [7, 11) is 0. The Bertz CT molecular complexity index is 730. The van der Waals surface area contributed by atoms with Crippen LogP contribution in [0.2, 0.25) is 0 Å². The van der Waals surface area contributed by atoms with Crippen LogP contribution in [-0.4, -0.2) is 28.9 Å². The molecule has 0 amide bonds. The smallest absolute Gasteiger partial charge is 0.320 e. The van der Waals surface area contributed by atoms with Crippen molar-refractivity contribution in [1.82, 2.24) is 0 Å². The predicted molar refractivity (Wildman–Crippen MR) is 90.9 cm³/mol. The highest BCUT2D eigenvalue weighted by molar-refractivity contribution is 6.01. The maximum absolute atomic E-state index is 12.7. The van der Waals surface area contributed by atoms with Crippen molar-refractivity contribution in [2.24, 2.45) is 5.73 Å². The average molecular weight is 341 g/mol. The number of carboxylic acids is 1. The van der Waals surface area contributed by atoms with Crippen molar-refractivity contribution in [3.63, 3.8) is 0 Å². The Morgan fingerprint density at radius 2 is 1.52 bits per heavy atom. The van der Waals surface area contributed by atoms with Crippen molar-refractivity contribution in [1.29, 1.82) is 0 Å². The first kappa shape index (κ1) is 18.4. The second kappa shape index (κ2) is 8.75. The summed E-state index contributed by atoms with van der Waals surface area (Å²) < 4.78 is 5.35. The van der Waals surface area contributed by atoms with Crippen LogP contribution < -0.4 is 5.73 Å². The zero-order valence-corrected chi connectivity index (χ0v) is 13.5. The molecule has 2 atom stereocenters. The van der Waals surface area contributed by atoms with Crippen LogP contribution in [-0.2, 0) is 14.3 Å². The van der Waals surface area contributed by atoms with Crippen LogP contribution in [0.4, 0.5) is 0 Å². The molecule has 6 nitrogen and oxygen atoms in total. The van der Waals surface area contributed by atoms with Crippen LogP contribution in [0.5, 0.6) is 0 Å². The summed E-state index contributed by atoms with van der Waals surface area (Å²) in [5.74, 6) is -2.20. The molecule has 2 aromatic rings. The SMILES string of the molecule is N[C@@H](CCC(=O)OC(C(=O)c1ccccc1)c1ccccc1)C(=O)O. The fraction of sp³-hybridized carbons (Fsp3) is 0.211.